The highest BCUT2D eigenvalue weighted by Gasteiger charge is 2.49. The molecular formula is C21H26F3N5O4. The number of hydrogen-bond acceptors (Lipinski definition) is 6. The maximum atomic E-state index is 13.0. The van der Waals surface area contributed by atoms with E-state index in [1.165, 1.54) is 12.1 Å². The quantitative estimate of drug-likeness (QED) is 0.532. The highest BCUT2D eigenvalue weighted by atomic mass is 19.4. The van der Waals surface area contributed by atoms with Gasteiger partial charge in [-0.25, -0.2) is 0 Å². The van der Waals surface area contributed by atoms with Crippen LogP contribution in [0.1, 0.15) is 32.6 Å². The van der Waals surface area contributed by atoms with E-state index < -0.39 is 42.3 Å². The van der Waals surface area contributed by atoms with Gasteiger partial charge in [-0.2, -0.15) is 0 Å². The molecule has 3 amide bonds. The number of piperidine rings is 2. The van der Waals surface area contributed by atoms with Gasteiger partial charge in [0, 0.05) is 24.7 Å². The van der Waals surface area contributed by atoms with Crippen molar-refractivity contribution in [3.63, 3.8) is 0 Å². The van der Waals surface area contributed by atoms with Gasteiger partial charge in [-0.05, 0) is 44.0 Å². The average Bonchev–Trinajstić information content (AvgIpc) is 2.73. The molecule has 3 aliphatic heterocycles. The van der Waals surface area contributed by atoms with Crippen LogP contribution >= 0.6 is 0 Å². The van der Waals surface area contributed by atoms with Crippen LogP contribution in [0.5, 0.6) is 5.75 Å². The molecule has 3 saturated heterocycles. The van der Waals surface area contributed by atoms with E-state index in [1.807, 2.05) is 0 Å². The first-order valence-electron chi connectivity index (χ1n) is 10.9. The van der Waals surface area contributed by atoms with E-state index in [4.69, 9.17) is 0 Å². The molecule has 0 aromatic heterocycles. The van der Waals surface area contributed by atoms with Crippen LogP contribution < -0.4 is 26.0 Å². The molecule has 0 spiro atoms. The lowest BCUT2D eigenvalue weighted by Crippen LogP contribution is -2.75. The fourth-order valence-electron chi connectivity index (χ4n) is 4.72. The number of rotatable bonds is 4. The van der Waals surface area contributed by atoms with Gasteiger partial charge in [0.25, 0.3) is 0 Å². The molecule has 12 heteroatoms. The smallest absolute Gasteiger partial charge is 0.406 e. The minimum atomic E-state index is -4.82. The number of likely N-dealkylation sites (tertiary alicyclic amines) is 1. The number of anilines is 1. The Labute approximate surface area is 188 Å². The largest absolute Gasteiger partial charge is 0.573 e. The number of halogens is 3. The van der Waals surface area contributed by atoms with Crippen molar-refractivity contribution in [1.29, 1.82) is 0 Å². The van der Waals surface area contributed by atoms with Crippen molar-refractivity contribution in [3.8, 4) is 5.75 Å². The number of fused-ring (bicyclic) bond motifs is 1. The second-order valence-corrected chi connectivity index (χ2v) is 8.60. The van der Waals surface area contributed by atoms with Gasteiger partial charge in [0.2, 0.25) is 17.7 Å². The van der Waals surface area contributed by atoms with Crippen LogP contribution in [0.3, 0.4) is 0 Å². The van der Waals surface area contributed by atoms with E-state index in [2.05, 4.69) is 37.8 Å². The molecule has 3 fully saturated rings. The molecular weight excluding hydrogens is 443 g/mol. The van der Waals surface area contributed by atoms with Crippen molar-refractivity contribution in [3.05, 3.63) is 24.3 Å². The Morgan fingerprint density at radius 1 is 1.15 bits per heavy atom. The van der Waals surface area contributed by atoms with Crippen molar-refractivity contribution in [2.45, 2.75) is 57.5 Å². The van der Waals surface area contributed by atoms with Crippen molar-refractivity contribution in [1.82, 2.24) is 20.9 Å². The lowest BCUT2D eigenvalue weighted by molar-refractivity contribution is -0.274. The maximum Gasteiger partial charge on any atom is 0.573 e. The summed E-state index contributed by atoms with van der Waals surface area (Å²) in [7, 11) is 0. The fraction of sp³-hybridized carbons (Fsp3) is 0.571. The summed E-state index contributed by atoms with van der Waals surface area (Å²) in [4.78, 5) is 40.4. The van der Waals surface area contributed by atoms with Gasteiger partial charge in [-0.15, -0.1) is 13.2 Å². The molecule has 180 valence electrons. The van der Waals surface area contributed by atoms with Gasteiger partial charge in [0.1, 0.15) is 12.0 Å². The van der Waals surface area contributed by atoms with Crippen molar-refractivity contribution < 1.29 is 32.3 Å². The van der Waals surface area contributed by atoms with E-state index >= 15 is 0 Å². The SMILES string of the molecule is CC1CCCCN1C1NC(=O)C2C(NC(=O)CC2C(=O)Nc2ccc(OC(F)(F)F)cc2)N1. The third-order valence-electron chi connectivity index (χ3n) is 6.31. The van der Waals surface area contributed by atoms with Gasteiger partial charge < -0.3 is 20.7 Å². The highest BCUT2D eigenvalue weighted by Crippen LogP contribution is 2.30. The zero-order valence-corrected chi connectivity index (χ0v) is 17.9. The van der Waals surface area contributed by atoms with Crippen LogP contribution in [0.15, 0.2) is 24.3 Å². The number of nitrogens with zero attached hydrogens (tertiary/aromatic N) is 1. The first-order valence-corrected chi connectivity index (χ1v) is 10.9. The van der Waals surface area contributed by atoms with Gasteiger partial charge >= 0.3 is 6.36 Å². The summed E-state index contributed by atoms with van der Waals surface area (Å²) in [6, 6.07) is 4.91. The summed E-state index contributed by atoms with van der Waals surface area (Å²) in [5, 5.41) is 11.5. The molecule has 0 aliphatic carbocycles. The number of nitrogens with one attached hydrogen (secondary N) is 4. The van der Waals surface area contributed by atoms with Crippen LogP contribution in [0.25, 0.3) is 0 Å². The van der Waals surface area contributed by atoms with Crippen molar-refractivity contribution in [2.24, 2.45) is 11.8 Å². The first kappa shape index (κ1) is 23.3. The molecule has 4 N–H and O–H groups in total. The summed E-state index contributed by atoms with van der Waals surface area (Å²) >= 11 is 0. The average molecular weight is 469 g/mol. The number of benzene rings is 1. The number of amides is 3. The highest BCUT2D eigenvalue weighted by molar-refractivity contribution is 6.00. The Hall–Kier alpha value is -2.86. The van der Waals surface area contributed by atoms with Crippen LogP contribution in [0.4, 0.5) is 18.9 Å². The molecule has 3 heterocycles. The number of carbonyl (C=O) groups excluding carboxylic acids is 3. The second kappa shape index (κ2) is 9.18. The second-order valence-electron chi connectivity index (χ2n) is 8.60. The van der Waals surface area contributed by atoms with Crippen molar-refractivity contribution >= 4 is 23.4 Å². The predicted molar refractivity (Wildman–Crippen MR) is 110 cm³/mol. The van der Waals surface area contributed by atoms with Crippen LogP contribution in [-0.2, 0) is 14.4 Å². The zero-order valence-electron chi connectivity index (χ0n) is 17.9. The summed E-state index contributed by atoms with van der Waals surface area (Å²) in [5.41, 5.74) is 0.223. The van der Waals surface area contributed by atoms with E-state index in [0.717, 1.165) is 37.9 Å². The topological polar surface area (TPSA) is 112 Å². The standard InChI is InChI=1S/C21H26F3N5O4/c1-11-4-2-3-9-29(11)20-27-17-16(19(32)28-20)14(10-15(30)26-17)18(31)25-12-5-7-13(8-6-12)33-21(22,23)24/h5-8,11,14,16-17,20,27H,2-4,9-10H2,1H3,(H,25,31)(H,26,30)(H,28,32). The minimum Gasteiger partial charge on any atom is -0.406 e. The molecule has 5 unspecified atom stereocenters. The fourth-order valence-corrected chi connectivity index (χ4v) is 4.72. The van der Waals surface area contributed by atoms with Gasteiger partial charge in [-0.3, -0.25) is 24.6 Å². The van der Waals surface area contributed by atoms with Gasteiger partial charge in [-0.1, -0.05) is 6.42 Å². The van der Waals surface area contributed by atoms with E-state index in [9.17, 15) is 27.6 Å². The number of carbonyl (C=O) groups is 3. The minimum absolute atomic E-state index is 0.178. The lowest BCUT2D eigenvalue weighted by Gasteiger charge is -2.48. The molecule has 0 bridgehead atoms. The van der Waals surface area contributed by atoms with Crippen LogP contribution in [-0.4, -0.2) is 54.0 Å². The molecule has 1 aromatic carbocycles. The lowest BCUT2D eigenvalue weighted by atomic mass is 9.81. The van der Waals surface area contributed by atoms with Crippen LogP contribution in [0.2, 0.25) is 0 Å². The maximum absolute atomic E-state index is 13.0. The molecule has 33 heavy (non-hydrogen) atoms. The Morgan fingerprint density at radius 3 is 2.55 bits per heavy atom. The first-order chi connectivity index (χ1) is 15.6. The Kier molecular flexibility index (Phi) is 6.48. The number of hydrogen-bond donors (Lipinski definition) is 4. The summed E-state index contributed by atoms with van der Waals surface area (Å²) < 4.78 is 40.8. The normalized spacial score (nSPS) is 30.6. The third kappa shape index (κ3) is 5.38. The third-order valence-corrected chi connectivity index (χ3v) is 6.31. The van der Waals surface area contributed by atoms with Crippen molar-refractivity contribution in [2.75, 3.05) is 11.9 Å². The Morgan fingerprint density at radius 2 is 1.88 bits per heavy atom. The summed E-state index contributed by atoms with van der Waals surface area (Å²) in [6.45, 7) is 2.89. The van der Waals surface area contributed by atoms with E-state index in [1.54, 1.807) is 0 Å². The molecule has 9 nitrogen and oxygen atoms in total. The number of alkyl halides is 3. The molecule has 0 saturated carbocycles. The molecule has 5 atom stereocenters. The molecule has 1 aromatic rings. The van der Waals surface area contributed by atoms with E-state index in [0.29, 0.717) is 0 Å². The monoisotopic (exact) mass is 469 g/mol. The van der Waals surface area contributed by atoms with E-state index in [-0.39, 0.29) is 30.0 Å². The summed E-state index contributed by atoms with van der Waals surface area (Å²) in [5.74, 6) is -3.46. The zero-order chi connectivity index (χ0) is 23.8. The van der Waals surface area contributed by atoms with Gasteiger partial charge in [0.05, 0.1) is 18.0 Å². The summed E-state index contributed by atoms with van der Waals surface area (Å²) in [6.07, 6.45) is -3.02. The predicted octanol–water partition coefficient (Wildman–Crippen LogP) is 1.48. The molecule has 4 rings (SSSR count). The van der Waals surface area contributed by atoms with Gasteiger partial charge in [0.15, 0.2) is 0 Å². The Bertz CT molecular complexity index is 910. The molecule has 0 radical (unpaired) electrons. The number of ether oxygens (including phenoxy) is 1. The van der Waals surface area contributed by atoms with Crippen LogP contribution in [0, 0.1) is 11.8 Å². The molecule has 3 aliphatic rings. The Balaban J connectivity index is 1.44.